The van der Waals surface area contributed by atoms with Crippen LogP contribution in [-0.4, -0.2) is 65.9 Å². The lowest BCUT2D eigenvalue weighted by Crippen LogP contribution is -2.57. The molecule has 1 aromatic rings. The third-order valence-electron chi connectivity index (χ3n) is 5.32. The van der Waals surface area contributed by atoms with Crippen molar-refractivity contribution in [1.29, 1.82) is 0 Å². The van der Waals surface area contributed by atoms with Crippen LogP contribution in [0.25, 0.3) is 0 Å². The molecule has 1 aliphatic heterocycles. The number of hydrogen-bond donors (Lipinski definition) is 3. The average molecular weight is 465 g/mol. The third-order valence-corrected chi connectivity index (χ3v) is 5.32. The van der Waals surface area contributed by atoms with Crippen molar-refractivity contribution in [2.75, 3.05) is 6.61 Å². The molecule has 33 heavy (non-hydrogen) atoms. The van der Waals surface area contributed by atoms with Crippen molar-refractivity contribution >= 4 is 23.8 Å². The molecular formula is C23H32N2O8. The summed E-state index contributed by atoms with van der Waals surface area (Å²) in [5.41, 5.74) is 0.801. The van der Waals surface area contributed by atoms with Gasteiger partial charge in [0.25, 0.3) is 5.91 Å². The molecule has 10 heteroatoms. The predicted octanol–water partition coefficient (Wildman–Crippen LogP) is 0.457. The summed E-state index contributed by atoms with van der Waals surface area (Å²) in [6, 6.07) is 6.78. The maximum absolute atomic E-state index is 12.9. The van der Waals surface area contributed by atoms with Crippen LogP contribution in [0.3, 0.4) is 0 Å². The number of esters is 2. The molecule has 6 atom stereocenters. The molecule has 182 valence electrons. The first kappa shape index (κ1) is 26.3. The Labute approximate surface area is 193 Å². The Hall–Kier alpha value is -2.98. The quantitative estimate of drug-likeness (QED) is 0.299. The van der Waals surface area contributed by atoms with Crippen LogP contribution in [-0.2, 0) is 40.0 Å². The number of rotatable bonds is 12. The summed E-state index contributed by atoms with van der Waals surface area (Å²) in [7, 11) is 0. The minimum Gasteiger partial charge on any atom is -0.464 e. The molecular weight excluding hydrogens is 432 g/mol. The number of ether oxygens (including phenoxy) is 3. The van der Waals surface area contributed by atoms with Gasteiger partial charge in [-0.05, 0) is 25.3 Å². The van der Waals surface area contributed by atoms with E-state index >= 15 is 0 Å². The highest BCUT2D eigenvalue weighted by Crippen LogP contribution is 2.24. The van der Waals surface area contributed by atoms with Crippen LogP contribution in [0.1, 0.15) is 39.7 Å². The van der Waals surface area contributed by atoms with E-state index in [-0.39, 0.29) is 19.1 Å². The highest BCUT2D eigenvalue weighted by atomic mass is 16.6. The molecule has 2 rings (SSSR count). The van der Waals surface area contributed by atoms with Crippen LogP contribution in [0.2, 0.25) is 0 Å². The van der Waals surface area contributed by atoms with Gasteiger partial charge in [0.15, 0.2) is 12.2 Å². The normalized spacial score (nSPS) is 20.5. The Kier molecular flexibility index (Phi) is 9.80. The molecule has 10 nitrogen and oxygen atoms in total. The van der Waals surface area contributed by atoms with Crippen molar-refractivity contribution < 1.29 is 38.5 Å². The van der Waals surface area contributed by atoms with Gasteiger partial charge in [0, 0.05) is 0 Å². The van der Waals surface area contributed by atoms with Gasteiger partial charge in [-0.1, -0.05) is 50.6 Å². The highest BCUT2D eigenvalue weighted by Gasteiger charge is 2.52. The smallest absolute Gasteiger partial charge is 0.338 e. The molecule has 0 bridgehead atoms. The van der Waals surface area contributed by atoms with Crippen molar-refractivity contribution in [3.05, 3.63) is 35.9 Å². The second-order valence-electron chi connectivity index (χ2n) is 7.92. The molecule has 0 aliphatic carbocycles. The van der Waals surface area contributed by atoms with Crippen LogP contribution >= 0.6 is 0 Å². The lowest BCUT2D eigenvalue weighted by Gasteiger charge is -2.27. The second-order valence-corrected chi connectivity index (χ2v) is 7.92. The molecule has 1 fully saturated rings. The number of amides is 2. The van der Waals surface area contributed by atoms with Crippen molar-refractivity contribution in [2.45, 2.75) is 71.1 Å². The van der Waals surface area contributed by atoms with Gasteiger partial charge < -0.3 is 30.0 Å². The summed E-state index contributed by atoms with van der Waals surface area (Å²) < 4.78 is 15.2. The summed E-state index contributed by atoms with van der Waals surface area (Å²) >= 11 is 0. The van der Waals surface area contributed by atoms with Crippen molar-refractivity contribution in [1.82, 2.24) is 10.6 Å². The van der Waals surface area contributed by atoms with Gasteiger partial charge in [-0.3, -0.25) is 9.59 Å². The van der Waals surface area contributed by atoms with E-state index < -0.39 is 54.1 Å². The Morgan fingerprint density at radius 2 is 1.67 bits per heavy atom. The van der Waals surface area contributed by atoms with Gasteiger partial charge in [0.2, 0.25) is 5.91 Å². The van der Waals surface area contributed by atoms with Gasteiger partial charge in [0.1, 0.15) is 18.7 Å². The van der Waals surface area contributed by atoms with E-state index in [9.17, 15) is 24.3 Å². The Balaban J connectivity index is 2.00. The summed E-state index contributed by atoms with van der Waals surface area (Å²) in [6.45, 7) is 6.79. The van der Waals surface area contributed by atoms with E-state index in [4.69, 9.17) is 14.2 Å². The Morgan fingerprint density at radius 3 is 2.24 bits per heavy atom. The van der Waals surface area contributed by atoms with Crippen molar-refractivity contribution in [3.8, 4) is 0 Å². The standard InChI is InChI=1S/C23H32N2O8/c1-5-13(3)16(22(29)32-12-15-10-8-7-9-11-15)24-20(27)17(14(4)26)25-21(28)18-19(33-18)23(30)31-6-2/h7-11,13-14,16-19,26H,5-6,12H2,1-4H3,(H,24,27)(H,25,28)/t13?,14?,16-,17-,18?,19?/m0/s1. The van der Waals surface area contributed by atoms with Crippen LogP contribution in [0.5, 0.6) is 0 Å². The molecule has 2 amide bonds. The monoisotopic (exact) mass is 464 g/mol. The first-order valence-electron chi connectivity index (χ1n) is 11.0. The number of benzene rings is 1. The van der Waals surface area contributed by atoms with Crippen LogP contribution in [0, 0.1) is 5.92 Å². The maximum Gasteiger partial charge on any atom is 0.338 e. The zero-order valence-electron chi connectivity index (χ0n) is 19.3. The van der Waals surface area contributed by atoms with Gasteiger partial charge in [0.05, 0.1) is 12.7 Å². The number of carbonyl (C=O) groups excluding carboxylic acids is 4. The van der Waals surface area contributed by atoms with E-state index in [0.29, 0.717) is 6.42 Å². The molecule has 0 spiro atoms. The lowest BCUT2D eigenvalue weighted by atomic mass is 9.98. The summed E-state index contributed by atoms with van der Waals surface area (Å²) in [5, 5.41) is 15.0. The maximum atomic E-state index is 12.9. The summed E-state index contributed by atoms with van der Waals surface area (Å²) in [4.78, 5) is 49.6. The Morgan fingerprint density at radius 1 is 1.00 bits per heavy atom. The highest BCUT2D eigenvalue weighted by molar-refractivity contribution is 5.96. The first-order valence-corrected chi connectivity index (χ1v) is 11.0. The summed E-state index contributed by atoms with van der Waals surface area (Å²) in [6.07, 6.45) is -2.83. The minimum atomic E-state index is -1.36. The van der Waals surface area contributed by atoms with Gasteiger partial charge in [-0.15, -0.1) is 0 Å². The number of aliphatic hydroxyl groups is 1. The number of carbonyl (C=O) groups is 4. The topological polar surface area (TPSA) is 144 Å². The number of aliphatic hydroxyl groups excluding tert-OH is 1. The SMILES string of the molecule is CCOC(=O)C1OC1C(=O)N[C@H](C(=O)N[C@H](C(=O)OCc1ccccc1)C(C)CC)C(C)O. The number of epoxide rings is 1. The van der Waals surface area contributed by atoms with Crippen LogP contribution in [0.15, 0.2) is 30.3 Å². The van der Waals surface area contributed by atoms with E-state index in [1.165, 1.54) is 6.92 Å². The van der Waals surface area contributed by atoms with Crippen LogP contribution < -0.4 is 10.6 Å². The van der Waals surface area contributed by atoms with Gasteiger partial charge in [-0.2, -0.15) is 0 Å². The lowest BCUT2D eigenvalue weighted by molar-refractivity contribution is -0.151. The fourth-order valence-electron chi connectivity index (χ4n) is 3.09. The number of hydrogen-bond acceptors (Lipinski definition) is 8. The van der Waals surface area contributed by atoms with E-state index in [1.807, 2.05) is 37.3 Å². The molecule has 0 aromatic heterocycles. The van der Waals surface area contributed by atoms with Gasteiger partial charge >= 0.3 is 11.9 Å². The molecule has 3 N–H and O–H groups in total. The molecule has 4 unspecified atom stereocenters. The molecule has 1 saturated heterocycles. The molecule has 1 aromatic carbocycles. The van der Waals surface area contributed by atoms with E-state index in [1.54, 1.807) is 13.8 Å². The first-order chi connectivity index (χ1) is 15.7. The molecule has 0 saturated carbocycles. The predicted molar refractivity (Wildman–Crippen MR) is 117 cm³/mol. The second kappa shape index (κ2) is 12.3. The minimum absolute atomic E-state index is 0.0489. The zero-order chi connectivity index (χ0) is 24.5. The zero-order valence-corrected chi connectivity index (χ0v) is 19.3. The summed E-state index contributed by atoms with van der Waals surface area (Å²) in [5.74, 6) is -3.05. The molecule has 1 heterocycles. The third kappa shape index (κ3) is 7.54. The molecule has 1 aliphatic rings. The fraction of sp³-hybridized carbons (Fsp3) is 0.565. The van der Waals surface area contributed by atoms with E-state index in [0.717, 1.165) is 5.56 Å². The largest absolute Gasteiger partial charge is 0.464 e. The van der Waals surface area contributed by atoms with Crippen molar-refractivity contribution in [2.24, 2.45) is 5.92 Å². The van der Waals surface area contributed by atoms with Crippen LogP contribution in [0.4, 0.5) is 0 Å². The van der Waals surface area contributed by atoms with Gasteiger partial charge in [-0.25, -0.2) is 9.59 Å². The average Bonchev–Trinajstić information content (AvgIpc) is 3.60. The fourth-order valence-corrected chi connectivity index (χ4v) is 3.09. The molecule has 0 radical (unpaired) electrons. The number of nitrogens with one attached hydrogen (secondary N) is 2. The van der Waals surface area contributed by atoms with Crippen molar-refractivity contribution in [3.63, 3.8) is 0 Å². The Bertz CT molecular complexity index is 829. The van der Waals surface area contributed by atoms with E-state index in [2.05, 4.69) is 10.6 Å².